The molecule has 0 bridgehead atoms. The van der Waals surface area contributed by atoms with E-state index in [0.717, 1.165) is 12.8 Å². The number of fused-ring (bicyclic) bond motifs is 1. The molecule has 3 unspecified atom stereocenters. The van der Waals surface area contributed by atoms with Gasteiger partial charge in [-0.3, -0.25) is 0 Å². The van der Waals surface area contributed by atoms with E-state index in [1.165, 1.54) is 25.3 Å². The Kier molecular flexibility index (Phi) is 4.87. The van der Waals surface area contributed by atoms with Gasteiger partial charge in [0.1, 0.15) is 11.6 Å². The molecule has 0 aromatic heterocycles. The van der Waals surface area contributed by atoms with E-state index in [9.17, 15) is 13.6 Å². The number of piperidine rings is 1. The van der Waals surface area contributed by atoms with Crippen molar-refractivity contribution in [3.63, 3.8) is 0 Å². The molecule has 0 amide bonds. The quantitative estimate of drug-likeness (QED) is 0.736. The summed E-state index contributed by atoms with van der Waals surface area (Å²) in [5.74, 6) is -1.32. The Morgan fingerprint density at radius 1 is 1.24 bits per heavy atom. The van der Waals surface area contributed by atoms with Crippen LogP contribution in [-0.4, -0.2) is 38.8 Å². The number of carbonyl (C=O) groups excluding carboxylic acids is 1. The number of ether oxygens (including phenoxy) is 1. The fourth-order valence-corrected chi connectivity index (χ4v) is 4.40. The van der Waals surface area contributed by atoms with E-state index in [2.05, 4.69) is 9.64 Å². The van der Waals surface area contributed by atoms with Gasteiger partial charge < -0.3 is 14.5 Å². The highest BCUT2D eigenvalue weighted by Gasteiger charge is 2.51. The topological polar surface area (TPSA) is 56.6 Å². The van der Waals surface area contributed by atoms with Crippen molar-refractivity contribution in [2.24, 2.45) is 5.92 Å². The van der Waals surface area contributed by atoms with Gasteiger partial charge in [0.25, 0.3) is 0 Å². The summed E-state index contributed by atoms with van der Waals surface area (Å²) in [5, 5.41) is 8.92. The van der Waals surface area contributed by atoms with E-state index in [4.69, 9.17) is 5.26 Å². The van der Waals surface area contributed by atoms with Gasteiger partial charge in [-0.2, -0.15) is 5.26 Å². The molecule has 29 heavy (non-hydrogen) atoms. The zero-order chi connectivity index (χ0) is 20.7. The predicted molar refractivity (Wildman–Crippen MR) is 105 cm³/mol. The van der Waals surface area contributed by atoms with E-state index in [1.54, 1.807) is 18.2 Å². The molecule has 2 fully saturated rings. The first-order chi connectivity index (χ1) is 13.9. The lowest BCUT2D eigenvalue weighted by Crippen LogP contribution is -2.45. The summed E-state index contributed by atoms with van der Waals surface area (Å²) in [4.78, 5) is 15.7. The number of carbonyl (C=O) groups is 1. The molecule has 1 saturated heterocycles. The smallest absolute Gasteiger partial charge is 0.340 e. The second-order valence-electron chi connectivity index (χ2n) is 7.56. The van der Waals surface area contributed by atoms with Gasteiger partial charge in [-0.25, -0.2) is 13.6 Å². The normalized spacial score (nSPS) is 22.4. The number of rotatable bonds is 4. The lowest BCUT2D eigenvalue weighted by atomic mass is 10.0. The average Bonchev–Trinajstić information content (AvgIpc) is 3.53. The first-order valence-electron chi connectivity index (χ1n) is 9.51. The van der Waals surface area contributed by atoms with Crippen molar-refractivity contribution < 1.29 is 18.3 Å². The molecule has 150 valence electrons. The molecule has 0 N–H and O–H groups in total. The number of halogens is 2. The number of hydrogen-bond acceptors (Lipinski definition) is 5. The van der Waals surface area contributed by atoms with E-state index in [-0.39, 0.29) is 23.5 Å². The van der Waals surface area contributed by atoms with E-state index in [1.807, 2.05) is 18.0 Å². The maximum atomic E-state index is 14.4. The zero-order valence-corrected chi connectivity index (χ0v) is 16.2. The molecule has 0 spiro atoms. The molecule has 1 aliphatic heterocycles. The van der Waals surface area contributed by atoms with Crippen LogP contribution in [0.3, 0.4) is 0 Å². The maximum absolute atomic E-state index is 14.4. The van der Waals surface area contributed by atoms with Crippen molar-refractivity contribution in [1.29, 1.82) is 5.26 Å². The summed E-state index contributed by atoms with van der Waals surface area (Å²) >= 11 is 0. The fraction of sp³-hybridized carbons (Fsp3) is 0.364. The number of nitrogens with zero attached hydrogens (tertiary/aromatic N) is 3. The molecule has 1 heterocycles. The molecule has 2 aromatic carbocycles. The third-order valence-electron chi connectivity index (χ3n) is 6.01. The Morgan fingerprint density at radius 3 is 2.69 bits per heavy atom. The fourth-order valence-electron chi connectivity index (χ4n) is 4.40. The second-order valence-corrected chi connectivity index (χ2v) is 7.56. The summed E-state index contributed by atoms with van der Waals surface area (Å²) in [6.07, 6.45) is 1.74. The Morgan fingerprint density at radius 2 is 2.03 bits per heavy atom. The number of nitriles is 1. The van der Waals surface area contributed by atoms with Gasteiger partial charge in [0.05, 0.1) is 30.0 Å². The number of methoxy groups -OCH3 is 1. The lowest BCUT2D eigenvalue weighted by Gasteiger charge is -2.38. The summed E-state index contributed by atoms with van der Waals surface area (Å²) in [5.41, 5.74) is 1.46. The number of anilines is 2. The molecule has 7 heteroatoms. The van der Waals surface area contributed by atoms with Crippen molar-refractivity contribution in [3.05, 3.63) is 59.2 Å². The highest BCUT2D eigenvalue weighted by atomic mass is 19.1. The highest BCUT2D eigenvalue weighted by Crippen LogP contribution is 2.48. The van der Waals surface area contributed by atoms with E-state index >= 15 is 0 Å². The van der Waals surface area contributed by atoms with Gasteiger partial charge in [0.2, 0.25) is 0 Å². The van der Waals surface area contributed by atoms with Crippen molar-refractivity contribution in [2.45, 2.75) is 24.9 Å². The highest BCUT2D eigenvalue weighted by molar-refractivity contribution is 5.90. The van der Waals surface area contributed by atoms with Crippen LogP contribution in [-0.2, 0) is 4.74 Å². The van der Waals surface area contributed by atoms with Gasteiger partial charge in [-0.15, -0.1) is 0 Å². The zero-order valence-electron chi connectivity index (χ0n) is 16.2. The first kappa shape index (κ1) is 19.2. The maximum Gasteiger partial charge on any atom is 0.340 e. The monoisotopic (exact) mass is 397 g/mol. The summed E-state index contributed by atoms with van der Waals surface area (Å²) in [7, 11) is 3.14. The third kappa shape index (κ3) is 3.39. The molecule has 5 nitrogen and oxygen atoms in total. The minimum absolute atomic E-state index is 0.0833. The van der Waals surface area contributed by atoms with Crippen LogP contribution >= 0.6 is 0 Å². The minimum Gasteiger partial charge on any atom is -0.465 e. The number of hydrogen-bond donors (Lipinski definition) is 0. The van der Waals surface area contributed by atoms with E-state index < -0.39 is 11.8 Å². The Labute approximate surface area is 168 Å². The van der Waals surface area contributed by atoms with Crippen LogP contribution in [0.5, 0.6) is 0 Å². The molecule has 3 atom stereocenters. The van der Waals surface area contributed by atoms with Crippen LogP contribution in [0.2, 0.25) is 0 Å². The van der Waals surface area contributed by atoms with Gasteiger partial charge in [-0.1, -0.05) is 0 Å². The van der Waals surface area contributed by atoms with Gasteiger partial charge in [0.15, 0.2) is 0 Å². The molecule has 2 aromatic rings. The average molecular weight is 397 g/mol. The summed E-state index contributed by atoms with van der Waals surface area (Å²) in [6.45, 7) is 0.682. The van der Waals surface area contributed by atoms with Crippen LogP contribution in [0.15, 0.2) is 36.4 Å². The third-order valence-corrected chi connectivity index (χ3v) is 6.01. The summed E-state index contributed by atoms with van der Waals surface area (Å²) < 4.78 is 33.3. The van der Waals surface area contributed by atoms with Crippen molar-refractivity contribution in [2.75, 3.05) is 30.5 Å². The lowest BCUT2D eigenvalue weighted by molar-refractivity contribution is 0.0595. The molecular weight excluding hydrogens is 376 g/mol. The van der Waals surface area contributed by atoms with Crippen molar-refractivity contribution >= 4 is 17.3 Å². The van der Waals surface area contributed by atoms with Crippen LogP contribution in [0.25, 0.3) is 0 Å². The van der Waals surface area contributed by atoms with E-state index in [0.29, 0.717) is 29.4 Å². The summed E-state index contributed by atoms with van der Waals surface area (Å²) in [6, 6.07) is 11.5. The van der Waals surface area contributed by atoms with Crippen LogP contribution in [0, 0.1) is 28.9 Å². The number of benzene rings is 2. The molecule has 0 radical (unpaired) electrons. The molecule has 1 aliphatic carbocycles. The minimum atomic E-state index is -0.697. The van der Waals surface area contributed by atoms with Crippen LogP contribution < -0.4 is 9.80 Å². The van der Waals surface area contributed by atoms with Gasteiger partial charge >= 0.3 is 5.97 Å². The Balaban J connectivity index is 1.49. The van der Waals surface area contributed by atoms with Crippen molar-refractivity contribution in [3.8, 4) is 6.07 Å². The second kappa shape index (κ2) is 7.36. The standard InChI is InChI=1S/C22H21F2N3O2/c1-26(14-4-5-15(17(23)10-14)22(28)29-2)19-7-8-27(21-11-16(19)21)20-6-3-13(12-25)9-18(20)24/h3-6,9-10,16,19,21H,7-8,11H2,1-2H3. The number of esters is 1. The van der Waals surface area contributed by atoms with Crippen LogP contribution in [0.4, 0.5) is 20.2 Å². The van der Waals surface area contributed by atoms with Crippen molar-refractivity contribution in [1.82, 2.24) is 0 Å². The van der Waals surface area contributed by atoms with Gasteiger partial charge in [-0.05, 0) is 49.2 Å². The largest absolute Gasteiger partial charge is 0.465 e. The molecular formula is C22H21F2N3O2. The Bertz CT molecular complexity index is 1000. The predicted octanol–water partition coefficient (Wildman–Crippen LogP) is 3.73. The Hall–Kier alpha value is -3.14. The van der Waals surface area contributed by atoms with Crippen LogP contribution in [0.1, 0.15) is 28.8 Å². The molecule has 2 aliphatic rings. The first-order valence-corrected chi connectivity index (χ1v) is 9.51. The molecule has 1 saturated carbocycles. The van der Waals surface area contributed by atoms with Gasteiger partial charge in [0, 0.05) is 37.3 Å². The molecule has 4 rings (SSSR count). The SMILES string of the molecule is COC(=O)c1ccc(N(C)C2CCN(c3ccc(C#N)cc3F)C3CC23)cc1F.